The second-order valence-corrected chi connectivity index (χ2v) is 4.78. The fourth-order valence-electron chi connectivity index (χ4n) is 2.26. The van der Waals surface area contributed by atoms with Crippen molar-refractivity contribution >= 4 is 6.03 Å². The normalized spacial score (nSPS) is 22.9. The molecule has 0 radical (unpaired) electrons. The molecule has 1 saturated carbocycles. The van der Waals surface area contributed by atoms with Gasteiger partial charge in [0.1, 0.15) is 17.8 Å². The number of nitrogens with zero attached hydrogens (tertiary/aromatic N) is 2. The maximum absolute atomic E-state index is 11.7. The molecule has 0 atom stereocenters. The Bertz CT molecular complexity index is 452. The Labute approximate surface area is 118 Å². The van der Waals surface area contributed by atoms with Crippen molar-refractivity contribution in [2.75, 3.05) is 13.7 Å². The van der Waals surface area contributed by atoms with Crippen LogP contribution in [0.2, 0.25) is 0 Å². The summed E-state index contributed by atoms with van der Waals surface area (Å²) in [7, 11) is 1.69. The average Bonchev–Trinajstić information content (AvgIpc) is 2.46. The van der Waals surface area contributed by atoms with Crippen molar-refractivity contribution < 1.29 is 9.53 Å². The summed E-state index contributed by atoms with van der Waals surface area (Å²) in [4.78, 5) is 11.7. The second-order valence-electron chi connectivity index (χ2n) is 4.78. The van der Waals surface area contributed by atoms with Gasteiger partial charge in [-0.2, -0.15) is 10.5 Å². The van der Waals surface area contributed by atoms with Crippen molar-refractivity contribution in [1.82, 2.24) is 10.6 Å². The Morgan fingerprint density at radius 2 is 1.95 bits per heavy atom. The van der Waals surface area contributed by atoms with E-state index in [9.17, 15) is 4.79 Å². The van der Waals surface area contributed by atoms with Crippen LogP contribution in [-0.2, 0) is 4.74 Å². The van der Waals surface area contributed by atoms with Gasteiger partial charge in [-0.05, 0) is 31.6 Å². The minimum Gasteiger partial charge on any atom is -0.388 e. The van der Waals surface area contributed by atoms with E-state index in [1.54, 1.807) is 19.2 Å². The minimum absolute atomic E-state index is 0.0753. The Kier molecular flexibility index (Phi) is 6.34. The van der Waals surface area contributed by atoms with E-state index in [1.165, 1.54) is 0 Å². The molecule has 0 aromatic heterocycles. The zero-order valence-corrected chi connectivity index (χ0v) is 11.5. The molecule has 7 heteroatoms. The summed E-state index contributed by atoms with van der Waals surface area (Å²) < 4.78 is 5.12. The molecule has 1 rings (SSSR count). The molecular formula is C13H19N5O2. The molecule has 0 heterocycles. The third kappa shape index (κ3) is 4.79. The summed E-state index contributed by atoms with van der Waals surface area (Å²) in [5.41, 5.74) is 4.78. The molecule has 20 heavy (non-hydrogen) atoms. The van der Waals surface area contributed by atoms with Gasteiger partial charge in [-0.15, -0.1) is 0 Å². The fraction of sp³-hybridized carbons (Fsp3) is 0.615. The van der Waals surface area contributed by atoms with Crippen LogP contribution in [0.3, 0.4) is 0 Å². The van der Waals surface area contributed by atoms with Crippen LogP contribution in [0.4, 0.5) is 4.79 Å². The monoisotopic (exact) mass is 277 g/mol. The maximum Gasteiger partial charge on any atom is 0.320 e. The van der Waals surface area contributed by atoms with E-state index < -0.39 is 6.03 Å². The summed E-state index contributed by atoms with van der Waals surface area (Å²) in [6.07, 6.45) is 3.75. The van der Waals surface area contributed by atoms with Gasteiger partial charge in [-0.3, -0.25) is 5.32 Å². The first-order valence-electron chi connectivity index (χ1n) is 6.47. The number of methoxy groups -OCH3 is 1. The van der Waals surface area contributed by atoms with Gasteiger partial charge < -0.3 is 15.8 Å². The van der Waals surface area contributed by atoms with Crippen LogP contribution in [-0.4, -0.2) is 25.8 Å². The largest absolute Gasteiger partial charge is 0.388 e. The molecule has 7 nitrogen and oxygen atoms in total. The molecule has 0 aromatic carbocycles. The van der Waals surface area contributed by atoms with Gasteiger partial charge in [0.2, 0.25) is 0 Å². The van der Waals surface area contributed by atoms with Gasteiger partial charge in [0, 0.05) is 19.8 Å². The molecule has 4 N–H and O–H groups in total. The predicted octanol–water partition coefficient (Wildman–Crippen LogP) is 0.708. The van der Waals surface area contributed by atoms with Gasteiger partial charge in [0.05, 0.1) is 0 Å². The number of carbonyl (C=O) groups is 1. The summed E-state index contributed by atoms with van der Waals surface area (Å²) in [5.74, 6) is 0.546. The van der Waals surface area contributed by atoms with Gasteiger partial charge in [-0.1, -0.05) is 0 Å². The SMILES string of the molecule is COCC1CCC(NC(=O)N/C(C#N)=C(\N)C#N)CC1. The van der Waals surface area contributed by atoms with E-state index in [2.05, 4.69) is 10.6 Å². The number of ether oxygens (including phenoxy) is 1. The van der Waals surface area contributed by atoms with Gasteiger partial charge in [0.25, 0.3) is 0 Å². The smallest absolute Gasteiger partial charge is 0.320 e. The lowest BCUT2D eigenvalue weighted by Crippen LogP contribution is -2.43. The second kappa shape index (κ2) is 8.03. The topological polar surface area (TPSA) is 124 Å². The molecule has 0 spiro atoms. The van der Waals surface area contributed by atoms with Crippen LogP contribution in [0, 0.1) is 28.6 Å². The third-order valence-corrected chi connectivity index (χ3v) is 3.32. The van der Waals surface area contributed by atoms with Crippen molar-refractivity contribution in [2.24, 2.45) is 11.7 Å². The van der Waals surface area contributed by atoms with Crippen molar-refractivity contribution in [3.63, 3.8) is 0 Å². The molecule has 2 amide bonds. The Balaban J connectivity index is 2.42. The van der Waals surface area contributed by atoms with Gasteiger partial charge >= 0.3 is 6.03 Å². The van der Waals surface area contributed by atoms with Crippen LogP contribution in [0.5, 0.6) is 0 Å². The number of hydrogen-bond donors (Lipinski definition) is 3. The number of amides is 2. The van der Waals surface area contributed by atoms with Crippen LogP contribution in [0.15, 0.2) is 11.4 Å². The van der Waals surface area contributed by atoms with Crippen molar-refractivity contribution in [1.29, 1.82) is 10.5 Å². The number of nitrogens with two attached hydrogens (primary N) is 1. The highest BCUT2D eigenvalue weighted by Gasteiger charge is 2.22. The highest BCUT2D eigenvalue weighted by Crippen LogP contribution is 2.24. The molecule has 108 valence electrons. The van der Waals surface area contributed by atoms with Crippen LogP contribution in [0.25, 0.3) is 0 Å². The molecule has 0 bridgehead atoms. The standard InChI is InChI=1S/C13H19N5O2/c1-20-8-9-2-4-10(5-3-9)17-13(19)18-12(7-15)11(16)6-14/h9-10H,2-5,8,16H2,1H3,(H2,17,18,19)/b12-11-. The minimum atomic E-state index is -0.505. The van der Waals surface area contributed by atoms with Crippen LogP contribution >= 0.6 is 0 Å². The van der Waals surface area contributed by atoms with E-state index in [0.717, 1.165) is 32.3 Å². The maximum atomic E-state index is 11.7. The van der Waals surface area contributed by atoms with E-state index in [0.29, 0.717) is 5.92 Å². The molecule has 0 aliphatic heterocycles. The Hall–Kier alpha value is -2.25. The number of nitrogens with one attached hydrogen (secondary N) is 2. The zero-order chi connectivity index (χ0) is 15.0. The number of rotatable bonds is 4. The number of hydrogen-bond acceptors (Lipinski definition) is 5. The summed E-state index contributed by atoms with van der Waals surface area (Å²) in [6.45, 7) is 0.749. The Morgan fingerprint density at radius 1 is 1.30 bits per heavy atom. The third-order valence-electron chi connectivity index (χ3n) is 3.32. The van der Waals surface area contributed by atoms with Crippen molar-refractivity contribution in [3.8, 4) is 12.1 Å². The number of allylic oxidation sites excluding steroid dienone is 2. The van der Waals surface area contributed by atoms with E-state index in [-0.39, 0.29) is 17.4 Å². The first kappa shape index (κ1) is 15.8. The number of carbonyl (C=O) groups excluding carboxylic acids is 1. The lowest BCUT2D eigenvalue weighted by Gasteiger charge is -2.28. The first-order chi connectivity index (χ1) is 9.60. The lowest BCUT2D eigenvalue weighted by atomic mass is 9.86. The summed E-state index contributed by atoms with van der Waals surface area (Å²) in [5, 5.41) is 22.4. The quantitative estimate of drug-likeness (QED) is 0.653. The molecule has 1 fully saturated rings. The van der Waals surface area contributed by atoms with Crippen molar-refractivity contribution in [2.45, 2.75) is 31.7 Å². The van der Waals surface area contributed by atoms with Crippen LogP contribution in [0.1, 0.15) is 25.7 Å². The van der Waals surface area contributed by atoms with E-state index in [1.807, 2.05) is 0 Å². The van der Waals surface area contributed by atoms with Gasteiger partial charge in [-0.25, -0.2) is 4.79 Å². The van der Waals surface area contributed by atoms with Gasteiger partial charge in [0.15, 0.2) is 5.70 Å². The molecule has 1 aliphatic carbocycles. The molecule has 0 unspecified atom stereocenters. The fourth-order valence-corrected chi connectivity index (χ4v) is 2.26. The molecule has 1 aliphatic rings. The van der Waals surface area contributed by atoms with Crippen molar-refractivity contribution in [3.05, 3.63) is 11.4 Å². The summed E-state index contributed by atoms with van der Waals surface area (Å²) >= 11 is 0. The number of nitriles is 2. The first-order valence-corrected chi connectivity index (χ1v) is 6.47. The predicted molar refractivity (Wildman–Crippen MR) is 71.7 cm³/mol. The highest BCUT2D eigenvalue weighted by molar-refractivity contribution is 5.77. The molecular weight excluding hydrogens is 258 g/mol. The van der Waals surface area contributed by atoms with E-state index >= 15 is 0 Å². The summed E-state index contributed by atoms with van der Waals surface area (Å²) in [6, 6.07) is 2.88. The number of urea groups is 1. The van der Waals surface area contributed by atoms with Crippen LogP contribution < -0.4 is 16.4 Å². The lowest BCUT2D eigenvalue weighted by molar-refractivity contribution is 0.124. The average molecular weight is 277 g/mol. The zero-order valence-electron chi connectivity index (χ0n) is 11.5. The molecule has 0 aromatic rings. The Morgan fingerprint density at radius 3 is 2.45 bits per heavy atom. The van der Waals surface area contributed by atoms with E-state index in [4.69, 9.17) is 21.0 Å². The molecule has 0 saturated heterocycles. The highest BCUT2D eigenvalue weighted by atomic mass is 16.5.